The number of nitrogens with zero attached hydrogens (tertiary/aromatic N) is 2. The number of fused-ring (bicyclic) bond motifs is 2. The van der Waals surface area contributed by atoms with Crippen molar-refractivity contribution in [2.75, 3.05) is 39.5 Å². The van der Waals surface area contributed by atoms with E-state index in [1.54, 1.807) is 0 Å². The number of carbonyl (C=O) groups is 1. The molecular formula is C35H36N2O4. The highest BCUT2D eigenvalue weighted by Gasteiger charge is 2.25. The van der Waals surface area contributed by atoms with E-state index < -0.39 is 0 Å². The second-order valence-corrected chi connectivity index (χ2v) is 10.5. The first-order chi connectivity index (χ1) is 20.2. The van der Waals surface area contributed by atoms with Gasteiger partial charge in [-0.3, -0.25) is 4.90 Å². The standard InChI is InChI=1S/C35H36N2O4/c1-26-10-2-7-17-32(26)41-35(38)34-30(15-9-23-40-33-18-8-12-27-11-3-4-13-28(27)33)29-14-5-6-16-31(29)37(34)20-19-36-21-24-39-25-22-36/h2-8,10-14,16-18H,9,15,19-25H2,1H3. The third kappa shape index (κ3) is 5.99. The summed E-state index contributed by atoms with van der Waals surface area (Å²) in [5.41, 5.74) is 3.64. The Hall–Kier alpha value is -4.13. The fourth-order valence-corrected chi connectivity index (χ4v) is 5.73. The number of rotatable bonds is 10. The Labute approximate surface area is 241 Å². The molecule has 6 rings (SSSR count). The van der Waals surface area contributed by atoms with Gasteiger partial charge in [-0.25, -0.2) is 4.79 Å². The first-order valence-electron chi connectivity index (χ1n) is 14.5. The van der Waals surface area contributed by atoms with Gasteiger partial charge in [-0.05, 0) is 54.5 Å². The summed E-state index contributed by atoms with van der Waals surface area (Å²) in [5, 5.41) is 3.36. The third-order valence-corrected chi connectivity index (χ3v) is 7.89. The van der Waals surface area contributed by atoms with Crippen LogP contribution in [0.1, 0.15) is 28.0 Å². The van der Waals surface area contributed by atoms with E-state index in [1.165, 1.54) is 0 Å². The molecule has 1 aliphatic rings. The summed E-state index contributed by atoms with van der Waals surface area (Å²) >= 11 is 0. The fraction of sp³-hybridized carbons (Fsp3) is 0.286. The molecule has 4 aromatic carbocycles. The zero-order chi connectivity index (χ0) is 28.0. The average Bonchev–Trinajstić information content (AvgIpc) is 3.33. The molecule has 1 fully saturated rings. The number of hydrogen-bond acceptors (Lipinski definition) is 5. The molecule has 2 heterocycles. The smallest absolute Gasteiger partial charge is 0.360 e. The van der Waals surface area contributed by atoms with Crippen molar-refractivity contribution >= 4 is 27.6 Å². The zero-order valence-electron chi connectivity index (χ0n) is 23.6. The lowest BCUT2D eigenvalue weighted by Crippen LogP contribution is -2.38. The minimum atomic E-state index is -0.317. The van der Waals surface area contributed by atoms with E-state index in [4.69, 9.17) is 14.2 Å². The molecule has 0 atom stereocenters. The van der Waals surface area contributed by atoms with E-state index in [2.05, 4.69) is 39.8 Å². The van der Waals surface area contributed by atoms with Crippen LogP contribution in [0.4, 0.5) is 0 Å². The molecule has 6 nitrogen and oxygen atoms in total. The Morgan fingerprint density at radius 2 is 1.51 bits per heavy atom. The number of benzene rings is 4. The van der Waals surface area contributed by atoms with Crippen LogP contribution in [-0.2, 0) is 17.7 Å². The maximum absolute atomic E-state index is 13.9. The van der Waals surface area contributed by atoms with Gasteiger partial charge in [-0.15, -0.1) is 0 Å². The van der Waals surface area contributed by atoms with E-state index in [-0.39, 0.29) is 5.97 Å². The molecule has 0 amide bonds. The lowest BCUT2D eigenvalue weighted by molar-refractivity contribution is 0.0363. The van der Waals surface area contributed by atoms with E-state index in [0.29, 0.717) is 31.0 Å². The van der Waals surface area contributed by atoms with E-state index >= 15 is 0 Å². The number of esters is 1. The number of aryl methyl sites for hydroxylation is 2. The maximum Gasteiger partial charge on any atom is 0.360 e. The SMILES string of the molecule is Cc1ccccc1OC(=O)c1c(CCCOc2cccc3ccccc23)c2ccccc2n1CCN1CCOCC1. The molecule has 0 unspecified atom stereocenters. The van der Waals surface area contributed by atoms with Crippen LogP contribution in [0.3, 0.4) is 0 Å². The van der Waals surface area contributed by atoms with Gasteiger partial charge in [0.05, 0.1) is 19.8 Å². The van der Waals surface area contributed by atoms with Crippen molar-refractivity contribution in [1.29, 1.82) is 0 Å². The Morgan fingerprint density at radius 1 is 0.805 bits per heavy atom. The van der Waals surface area contributed by atoms with Crippen LogP contribution in [0, 0.1) is 6.92 Å². The monoisotopic (exact) mass is 548 g/mol. The van der Waals surface area contributed by atoms with E-state index in [1.807, 2.05) is 67.6 Å². The number of para-hydroxylation sites is 2. The largest absolute Gasteiger partial charge is 0.493 e. The summed E-state index contributed by atoms with van der Waals surface area (Å²) in [6.07, 6.45) is 1.47. The molecule has 0 bridgehead atoms. The Bertz CT molecular complexity index is 1650. The second-order valence-electron chi connectivity index (χ2n) is 10.5. The third-order valence-electron chi connectivity index (χ3n) is 7.89. The topological polar surface area (TPSA) is 52.9 Å². The first kappa shape index (κ1) is 27.1. The predicted octanol–water partition coefficient (Wildman–Crippen LogP) is 6.67. The highest BCUT2D eigenvalue weighted by molar-refractivity contribution is 6.00. The normalized spacial score (nSPS) is 14.0. The molecule has 1 aliphatic heterocycles. The van der Waals surface area contributed by atoms with Crippen LogP contribution in [0.15, 0.2) is 91.0 Å². The molecule has 1 saturated heterocycles. The van der Waals surface area contributed by atoms with Gasteiger partial charge in [0.15, 0.2) is 0 Å². The molecule has 0 N–H and O–H groups in total. The number of morpholine rings is 1. The summed E-state index contributed by atoms with van der Waals surface area (Å²) < 4.78 is 20.0. The molecule has 1 aromatic heterocycles. The summed E-state index contributed by atoms with van der Waals surface area (Å²) in [7, 11) is 0. The van der Waals surface area contributed by atoms with E-state index in [0.717, 1.165) is 77.8 Å². The Balaban J connectivity index is 1.28. The number of aromatic nitrogens is 1. The lowest BCUT2D eigenvalue weighted by Gasteiger charge is -2.27. The number of carbonyl (C=O) groups excluding carboxylic acids is 1. The van der Waals surface area contributed by atoms with Gasteiger partial charge in [-0.1, -0.05) is 72.8 Å². The minimum Gasteiger partial charge on any atom is -0.493 e. The van der Waals surface area contributed by atoms with Crippen molar-refractivity contribution in [3.05, 3.63) is 108 Å². The quantitative estimate of drug-likeness (QED) is 0.111. The van der Waals surface area contributed by atoms with Crippen molar-refractivity contribution in [2.24, 2.45) is 0 Å². The van der Waals surface area contributed by atoms with Gasteiger partial charge in [0, 0.05) is 42.5 Å². The fourth-order valence-electron chi connectivity index (χ4n) is 5.73. The minimum absolute atomic E-state index is 0.317. The lowest BCUT2D eigenvalue weighted by atomic mass is 10.1. The van der Waals surface area contributed by atoms with E-state index in [9.17, 15) is 4.79 Å². The van der Waals surface area contributed by atoms with Gasteiger partial charge in [-0.2, -0.15) is 0 Å². The van der Waals surface area contributed by atoms with Crippen LogP contribution in [0.25, 0.3) is 21.7 Å². The molecule has 6 heteroatoms. The van der Waals surface area contributed by atoms with Crippen molar-refractivity contribution in [1.82, 2.24) is 9.47 Å². The maximum atomic E-state index is 13.9. The van der Waals surface area contributed by atoms with Crippen molar-refractivity contribution in [3.8, 4) is 11.5 Å². The Kier molecular flexibility index (Phi) is 8.31. The summed E-state index contributed by atoms with van der Waals surface area (Å²) in [5.74, 6) is 1.16. The molecule has 5 aromatic rings. The zero-order valence-corrected chi connectivity index (χ0v) is 23.6. The summed E-state index contributed by atoms with van der Waals surface area (Å²) in [6, 6.07) is 30.4. The molecule has 0 radical (unpaired) electrons. The van der Waals surface area contributed by atoms with Crippen LogP contribution in [0.5, 0.6) is 11.5 Å². The Morgan fingerprint density at radius 3 is 2.37 bits per heavy atom. The molecular weight excluding hydrogens is 512 g/mol. The number of hydrogen-bond donors (Lipinski definition) is 0. The molecule has 0 spiro atoms. The average molecular weight is 549 g/mol. The summed E-state index contributed by atoms with van der Waals surface area (Å²) in [4.78, 5) is 16.3. The highest BCUT2D eigenvalue weighted by Crippen LogP contribution is 2.30. The van der Waals surface area contributed by atoms with Gasteiger partial charge < -0.3 is 18.8 Å². The molecule has 0 saturated carbocycles. The summed E-state index contributed by atoms with van der Waals surface area (Å²) in [6.45, 7) is 7.35. The van der Waals surface area contributed by atoms with Crippen molar-refractivity contribution in [2.45, 2.75) is 26.3 Å². The van der Waals surface area contributed by atoms with Crippen LogP contribution >= 0.6 is 0 Å². The van der Waals surface area contributed by atoms with Gasteiger partial charge in [0.1, 0.15) is 17.2 Å². The van der Waals surface area contributed by atoms with Crippen LogP contribution in [0.2, 0.25) is 0 Å². The van der Waals surface area contributed by atoms with Crippen molar-refractivity contribution < 1.29 is 19.0 Å². The van der Waals surface area contributed by atoms with Gasteiger partial charge >= 0.3 is 5.97 Å². The van der Waals surface area contributed by atoms with Gasteiger partial charge in [0.2, 0.25) is 0 Å². The van der Waals surface area contributed by atoms with Crippen LogP contribution < -0.4 is 9.47 Å². The first-order valence-corrected chi connectivity index (χ1v) is 14.5. The molecule has 41 heavy (non-hydrogen) atoms. The second kappa shape index (κ2) is 12.6. The van der Waals surface area contributed by atoms with Crippen molar-refractivity contribution in [3.63, 3.8) is 0 Å². The molecule has 210 valence electrons. The predicted molar refractivity (Wildman–Crippen MR) is 163 cm³/mol. The van der Waals surface area contributed by atoms with Crippen LogP contribution in [-0.4, -0.2) is 54.9 Å². The van der Waals surface area contributed by atoms with Gasteiger partial charge in [0.25, 0.3) is 0 Å². The molecule has 0 aliphatic carbocycles. The highest BCUT2D eigenvalue weighted by atomic mass is 16.5. The number of ether oxygens (including phenoxy) is 3.